The summed E-state index contributed by atoms with van der Waals surface area (Å²) in [6, 6.07) is 3.11. The van der Waals surface area contributed by atoms with E-state index in [0.717, 1.165) is 17.4 Å². The minimum atomic E-state index is -4.72. The van der Waals surface area contributed by atoms with E-state index in [9.17, 15) is 8.96 Å². The molecule has 3 aromatic rings. The Morgan fingerprint density at radius 2 is 1.83 bits per heavy atom. The summed E-state index contributed by atoms with van der Waals surface area (Å²) in [6.45, 7) is 4.80. The van der Waals surface area contributed by atoms with Gasteiger partial charge in [-0.2, -0.15) is 0 Å². The van der Waals surface area contributed by atoms with E-state index >= 15 is 0 Å². The highest BCUT2D eigenvalue weighted by molar-refractivity contribution is 7.46. The van der Waals surface area contributed by atoms with Gasteiger partial charge in [0.15, 0.2) is 11.6 Å². The van der Waals surface area contributed by atoms with Gasteiger partial charge >= 0.3 is 7.82 Å². The van der Waals surface area contributed by atoms with Gasteiger partial charge in [0.25, 0.3) is 0 Å². The fourth-order valence-electron chi connectivity index (χ4n) is 2.72. The van der Waals surface area contributed by atoms with Crippen LogP contribution in [0.5, 0.6) is 11.6 Å². The molecule has 2 heterocycles. The van der Waals surface area contributed by atoms with Gasteiger partial charge in [-0.1, -0.05) is 34.5 Å². The van der Waals surface area contributed by atoms with Gasteiger partial charge in [-0.05, 0) is 32.9 Å². The molecule has 0 aliphatic heterocycles. The number of ether oxygens (including phenoxy) is 2. The van der Waals surface area contributed by atoms with Crippen LogP contribution >= 0.6 is 42.4 Å². The molecular weight excluding hydrogens is 545 g/mol. The van der Waals surface area contributed by atoms with Crippen LogP contribution in [0.4, 0.5) is 4.39 Å². The highest BCUT2D eigenvalue weighted by Gasteiger charge is 2.25. The van der Waals surface area contributed by atoms with Crippen molar-refractivity contribution in [2.24, 2.45) is 5.73 Å². The second-order valence-electron chi connectivity index (χ2n) is 7.63. The number of phosphoric ester groups is 1. The average Bonchev–Trinajstić information content (AvgIpc) is 3.23. The Labute approximate surface area is 214 Å². The van der Waals surface area contributed by atoms with Crippen molar-refractivity contribution in [3.8, 4) is 32.8 Å². The maximum absolute atomic E-state index is 14.7. The number of nitrogens with zero attached hydrogens (tertiary/aromatic N) is 3. The lowest BCUT2D eigenvalue weighted by atomic mass is 10.2. The second-order valence-corrected chi connectivity index (χ2v) is 10.6. The third-order valence-corrected chi connectivity index (χ3v) is 6.61. The van der Waals surface area contributed by atoms with Gasteiger partial charge < -0.3 is 25.0 Å². The molecule has 2 aromatic heterocycles. The Hall–Kier alpha value is -1.89. The van der Waals surface area contributed by atoms with Gasteiger partial charge in [0.1, 0.15) is 21.6 Å². The molecule has 2 atom stereocenters. The standard InChI is InChI=1S/C20H22Cl2FN4O6PS/c1-9(2)32-18-14(22)4-11(7-25-18)19-26-27-20(35-19)12-5-15(23)17(6-13(12)21)31-8-16(24)10(3)33-34(28,29)30/h4-7,9-10,16H,8,24H2,1-3H3,(H2,28,29,30)/t10-,16-/m0/s1. The molecule has 0 unspecified atom stereocenters. The van der Waals surface area contributed by atoms with Crippen molar-refractivity contribution >= 4 is 42.4 Å². The zero-order chi connectivity index (χ0) is 25.9. The summed E-state index contributed by atoms with van der Waals surface area (Å²) in [6.07, 6.45) is 0.422. The molecule has 3 rings (SSSR count). The van der Waals surface area contributed by atoms with Crippen molar-refractivity contribution in [2.75, 3.05) is 6.61 Å². The number of hydrogen-bond donors (Lipinski definition) is 3. The Morgan fingerprint density at radius 3 is 2.46 bits per heavy atom. The van der Waals surface area contributed by atoms with Crippen molar-refractivity contribution in [1.82, 2.24) is 15.2 Å². The first-order valence-electron chi connectivity index (χ1n) is 10.1. The fraction of sp³-hybridized carbons (Fsp3) is 0.350. The van der Waals surface area contributed by atoms with E-state index < -0.39 is 25.8 Å². The largest absolute Gasteiger partial charge is 0.489 e. The van der Waals surface area contributed by atoms with Gasteiger partial charge in [-0.25, -0.2) is 13.9 Å². The van der Waals surface area contributed by atoms with Crippen molar-refractivity contribution in [2.45, 2.75) is 39.0 Å². The molecule has 10 nitrogen and oxygen atoms in total. The number of rotatable bonds is 10. The van der Waals surface area contributed by atoms with Crippen LogP contribution in [0.2, 0.25) is 10.0 Å². The lowest BCUT2D eigenvalue weighted by Gasteiger charge is -2.21. The van der Waals surface area contributed by atoms with Crippen molar-refractivity contribution < 1.29 is 32.7 Å². The first-order valence-corrected chi connectivity index (χ1v) is 13.2. The van der Waals surface area contributed by atoms with Gasteiger partial charge in [-0.15, -0.1) is 10.2 Å². The first kappa shape index (κ1) is 27.7. The van der Waals surface area contributed by atoms with E-state index in [1.54, 1.807) is 12.3 Å². The predicted octanol–water partition coefficient (Wildman–Crippen LogP) is 4.70. The SMILES string of the molecule is CC(C)Oc1ncc(-c2nnc(-c3cc(F)c(OC[C@H](N)[C@H](C)OP(=O)(O)O)cc3Cl)s2)cc1Cl. The summed E-state index contributed by atoms with van der Waals surface area (Å²) in [5.41, 5.74) is 6.69. The molecule has 15 heteroatoms. The van der Waals surface area contributed by atoms with E-state index in [2.05, 4.69) is 19.7 Å². The number of nitrogens with two attached hydrogens (primary N) is 1. The van der Waals surface area contributed by atoms with Gasteiger partial charge in [0.05, 0.1) is 23.3 Å². The van der Waals surface area contributed by atoms with Crippen LogP contribution in [0.1, 0.15) is 20.8 Å². The van der Waals surface area contributed by atoms with Crippen LogP contribution in [0.15, 0.2) is 24.4 Å². The number of pyridine rings is 1. The molecule has 0 spiro atoms. The van der Waals surface area contributed by atoms with Crippen LogP contribution < -0.4 is 15.2 Å². The third kappa shape index (κ3) is 7.55. The van der Waals surface area contributed by atoms with Crippen LogP contribution in [0.25, 0.3) is 21.1 Å². The minimum absolute atomic E-state index is 0.0878. The summed E-state index contributed by atoms with van der Waals surface area (Å²) in [4.78, 5) is 21.9. The van der Waals surface area contributed by atoms with E-state index in [-0.39, 0.29) is 23.5 Å². The maximum Gasteiger partial charge on any atom is 0.469 e. The summed E-state index contributed by atoms with van der Waals surface area (Å²) >= 11 is 13.7. The molecule has 0 fully saturated rings. The normalized spacial score (nSPS) is 13.7. The van der Waals surface area contributed by atoms with Crippen LogP contribution in [-0.4, -0.2) is 49.8 Å². The van der Waals surface area contributed by atoms with Gasteiger partial charge in [0.2, 0.25) is 5.88 Å². The molecule has 0 saturated carbocycles. The lowest BCUT2D eigenvalue weighted by molar-refractivity contribution is 0.106. The maximum atomic E-state index is 14.7. The summed E-state index contributed by atoms with van der Waals surface area (Å²) < 4.78 is 41.0. The number of halogens is 3. The summed E-state index contributed by atoms with van der Waals surface area (Å²) in [5, 5.41) is 9.52. The van der Waals surface area contributed by atoms with E-state index in [1.807, 2.05) is 13.8 Å². The highest BCUT2D eigenvalue weighted by atomic mass is 35.5. The smallest absolute Gasteiger partial charge is 0.469 e. The molecule has 35 heavy (non-hydrogen) atoms. The molecule has 0 radical (unpaired) electrons. The zero-order valence-corrected chi connectivity index (χ0v) is 21.9. The second kappa shape index (κ2) is 11.4. The number of phosphoric acid groups is 1. The average molecular weight is 567 g/mol. The van der Waals surface area contributed by atoms with Crippen LogP contribution in [0.3, 0.4) is 0 Å². The molecule has 0 saturated heterocycles. The summed E-state index contributed by atoms with van der Waals surface area (Å²) in [5.74, 6) is -0.630. The molecule has 0 bridgehead atoms. The number of aromatic nitrogens is 3. The van der Waals surface area contributed by atoms with Crippen LogP contribution in [0, 0.1) is 5.82 Å². The molecule has 0 amide bonds. The van der Waals surface area contributed by atoms with E-state index in [1.165, 1.54) is 13.0 Å². The fourth-order valence-corrected chi connectivity index (χ4v) is 4.67. The summed E-state index contributed by atoms with van der Waals surface area (Å²) in [7, 11) is -4.72. The molecule has 0 aliphatic carbocycles. The Balaban J connectivity index is 1.75. The Kier molecular flexibility index (Phi) is 9.06. The lowest BCUT2D eigenvalue weighted by Crippen LogP contribution is -2.39. The third-order valence-electron chi connectivity index (χ3n) is 4.42. The van der Waals surface area contributed by atoms with Crippen molar-refractivity contribution in [3.63, 3.8) is 0 Å². The molecule has 190 valence electrons. The van der Waals surface area contributed by atoms with E-state index in [0.29, 0.717) is 32.0 Å². The molecule has 0 aliphatic rings. The Morgan fingerprint density at radius 1 is 1.14 bits per heavy atom. The minimum Gasteiger partial charge on any atom is -0.489 e. The van der Waals surface area contributed by atoms with Crippen LogP contribution in [-0.2, 0) is 9.09 Å². The quantitative estimate of drug-likeness (QED) is 0.294. The first-order chi connectivity index (χ1) is 16.3. The number of hydrogen-bond acceptors (Lipinski definition) is 9. The zero-order valence-electron chi connectivity index (χ0n) is 18.7. The van der Waals surface area contributed by atoms with Gasteiger partial charge in [0, 0.05) is 23.4 Å². The topological polar surface area (TPSA) is 150 Å². The molecular formula is C20H22Cl2FN4O6PS. The highest BCUT2D eigenvalue weighted by Crippen LogP contribution is 2.39. The monoisotopic (exact) mass is 566 g/mol. The molecule has 4 N–H and O–H groups in total. The predicted molar refractivity (Wildman–Crippen MR) is 130 cm³/mol. The Bertz CT molecular complexity index is 1240. The molecule has 1 aromatic carbocycles. The van der Waals surface area contributed by atoms with Crippen molar-refractivity contribution in [1.29, 1.82) is 0 Å². The number of benzene rings is 1. The van der Waals surface area contributed by atoms with Gasteiger partial charge in [-0.3, -0.25) is 4.52 Å². The van der Waals surface area contributed by atoms with E-state index in [4.69, 9.17) is 48.2 Å². The van der Waals surface area contributed by atoms with Crippen molar-refractivity contribution in [3.05, 3.63) is 40.3 Å².